The van der Waals surface area contributed by atoms with Crippen molar-refractivity contribution in [2.75, 3.05) is 11.6 Å². The van der Waals surface area contributed by atoms with Crippen LogP contribution in [-0.4, -0.2) is 22.5 Å². The van der Waals surface area contributed by atoms with Gasteiger partial charge in [-0.15, -0.1) is 0 Å². The molecule has 0 aliphatic heterocycles. The van der Waals surface area contributed by atoms with Crippen LogP contribution in [0.4, 0.5) is 5.82 Å². The molecular formula is C15H24N2S. The van der Waals surface area contributed by atoms with Crippen LogP contribution in [0, 0.1) is 0 Å². The van der Waals surface area contributed by atoms with Gasteiger partial charge < -0.3 is 5.32 Å². The molecule has 0 spiro atoms. The molecule has 0 bridgehead atoms. The number of rotatable bonds is 3. The summed E-state index contributed by atoms with van der Waals surface area (Å²) >= 11 is 1.99. The molecule has 1 N–H and O–H groups in total. The third kappa shape index (κ3) is 3.41. The fourth-order valence-corrected chi connectivity index (χ4v) is 3.21. The van der Waals surface area contributed by atoms with Crippen LogP contribution in [0.25, 0.3) is 0 Å². The molecule has 0 saturated heterocycles. The van der Waals surface area contributed by atoms with Crippen molar-refractivity contribution in [2.45, 2.75) is 56.7 Å². The van der Waals surface area contributed by atoms with Crippen LogP contribution in [0.3, 0.4) is 0 Å². The molecular weight excluding hydrogens is 240 g/mol. The molecule has 1 fully saturated rings. The maximum atomic E-state index is 4.54. The lowest BCUT2D eigenvalue weighted by Crippen LogP contribution is -2.17. The monoisotopic (exact) mass is 264 g/mol. The van der Waals surface area contributed by atoms with Gasteiger partial charge in [0.25, 0.3) is 0 Å². The summed E-state index contributed by atoms with van der Waals surface area (Å²) in [4.78, 5) is 4.54. The smallest absolute Gasteiger partial charge is 0.126 e. The lowest BCUT2D eigenvalue weighted by molar-refractivity contribution is 0.587. The predicted molar refractivity (Wildman–Crippen MR) is 81.5 cm³/mol. The maximum absolute atomic E-state index is 4.54. The van der Waals surface area contributed by atoms with E-state index < -0.39 is 0 Å². The minimum atomic E-state index is 0.183. The summed E-state index contributed by atoms with van der Waals surface area (Å²) in [6, 6.07) is 4.92. The second kappa shape index (κ2) is 5.52. The van der Waals surface area contributed by atoms with Gasteiger partial charge in [-0.05, 0) is 42.6 Å². The molecule has 0 aromatic carbocycles. The summed E-state index contributed by atoms with van der Waals surface area (Å²) in [6.45, 7) is 6.66. The molecule has 0 radical (unpaired) electrons. The molecule has 0 amide bonds. The van der Waals surface area contributed by atoms with Crippen molar-refractivity contribution in [3.8, 4) is 0 Å². The van der Waals surface area contributed by atoms with Crippen molar-refractivity contribution in [3.05, 3.63) is 23.9 Å². The van der Waals surface area contributed by atoms with Gasteiger partial charge in [-0.1, -0.05) is 26.8 Å². The van der Waals surface area contributed by atoms with Gasteiger partial charge in [0.2, 0.25) is 0 Å². The second-order valence-electron chi connectivity index (χ2n) is 6.19. The van der Waals surface area contributed by atoms with Crippen molar-refractivity contribution >= 4 is 17.6 Å². The van der Waals surface area contributed by atoms with Crippen molar-refractivity contribution in [1.82, 2.24) is 4.98 Å². The summed E-state index contributed by atoms with van der Waals surface area (Å²) in [5.41, 5.74) is 1.48. The van der Waals surface area contributed by atoms with E-state index in [0.29, 0.717) is 6.04 Å². The highest BCUT2D eigenvalue weighted by atomic mass is 32.2. The maximum Gasteiger partial charge on any atom is 0.126 e. The molecule has 1 aliphatic carbocycles. The van der Waals surface area contributed by atoms with Crippen molar-refractivity contribution < 1.29 is 0 Å². The summed E-state index contributed by atoms with van der Waals surface area (Å²) in [7, 11) is 0. The first-order valence-electron chi connectivity index (χ1n) is 6.75. The molecule has 2 rings (SSSR count). The van der Waals surface area contributed by atoms with Gasteiger partial charge in [-0.2, -0.15) is 11.8 Å². The first-order chi connectivity index (χ1) is 8.49. The number of hydrogen-bond donors (Lipinski definition) is 1. The first-order valence-corrected chi connectivity index (χ1v) is 8.03. The topological polar surface area (TPSA) is 24.9 Å². The zero-order chi connectivity index (χ0) is 13.2. The Kier molecular flexibility index (Phi) is 4.21. The van der Waals surface area contributed by atoms with E-state index in [9.17, 15) is 0 Å². The number of nitrogens with zero attached hydrogens (tertiary/aromatic N) is 1. The van der Waals surface area contributed by atoms with Gasteiger partial charge in [-0.25, -0.2) is 4.98 Å². The van der Waals surface area contributed by atoms with E-state index in [2.05, 4.69) is 49.5 Å². The lowest BCUT2D eigenvalue weighted by Gasteiger charge is -2.19. The molecule has 1 aromatic heterocycles. The number of pyridine rings is 1. The Morgan fingerprint density at radius 3 is 2.56 bits per heavy atom. The summed E-state index contributed by atoms with van der Waals surface area (Å²) in [5.74, 6) is 1.02. The zero-order valence-electron chi connectivity index (χ0n) is 11.9. The summed E-state index contributed by atoms with van der Waals surface area (Å²) < 4.78 is 0. The zero-order valence-corrected chi connectivity index (χ0v) is 12.7. The third-order valence-corrected chi connectivity index (χ3v) is 4.79. The second-order valence-corrected chi connectivity index (χ2v) is 7.33. The van der Waals surface area contributed by atoms with Crippen LogP contribution in [0.15, 0.2) is 18.3 Å². The molecule has 100 valence electrons. The molecule has 1 saturated carbocycles. The van der Waals surface area contributed by atoms with Crippen LogP contribution in [0.1, 0.15) is 45.6 Å². The van der Waals surface area contributed by atoms with E-state index >= 15 is 0 Å². The average Bonchev–Trinajstić information content (AvgIpc) is 2.76. The number of aromatic nitrogens is 1. The van der Waals surface area contributed by atoms with E-state index in [1.54, 1.807) is 0 Å². The van der Waals surface area contributed by atoms with Crippen LogP contribution in [0.5, 0.6) is 0 Å². The van der Waals surface area contributed by atoms with Crippen molar-refractivity contribution in [3.63, 3.8) is 0 Å². The summed E-state index contributed by atoms with van der Waals surface area (Å²) in [5, 5.41) is 4.39. The predicted octanol–water partition coefficient (Wildman–Crippen LogP) is 4.08. The van der Waals surface area contributed by atoms with E-state index in [0.717, 1.165) is 11.1 Å². The largest absolute Gasteiger partial charge is 0.367 e. The van der Waals surface area contributed by atoms with Gasteiger partial charge in [0, 0.05) is 17.5 Å². The Bertz CT molecular complexity index is 380. The minimum Gasteiger partial charge on any atom is -0.367 e. The summed E-state index contributed by atoms with van der Waals surface area (Å²) in [6.07, 6.45) is 8.09. The number of nitrogens with one attached hydrogen (secondary N) is 1. The van der Waals surface area contributed by atoms with Crippen LogP contribution >= 0.6 is 11.8 Å². The lowest BCUT2D eigenvalue weighted by atomic mass is 9.88. The fourth-order valence-electron chi connectivity index (χ4n) is 2.42. The van der Waals surface area contributed by atoms with Gasteiger partial charge in [0.05, 0.1) is 0 Å². The molecule has 3 heteroatoms. The standard InChI is InChI=1S/C15H24N2S/c1-15(2,3)11-5-8-14(16-10-11)17-12-6-7-13(9-12)18-4/h5,8,10,12-13H,6-7,9H2,1-4H3,(H,16,17). The van der Waals surface area contributed by atoms with Gasteiger partial charge in [-0.3, -0.25) is 0 Å². The quantitative estimate of drug-likeness (QED) is 0.890. The highest BCUT2D eigenvalue weighted by Crippen LogP contribution is 2.30. The number of thioether (sulfide) groups is 1. The fraction of sp³-hybridized carbons (Fsp3) is 0.667. The van der Waals surface area contributed by atoms with Crippen molar-refractivity contribution in [1.29, 1.82) is 0 Å². The molecule has 2 unspecified atom stereocenters. The number of hydrogen-bond acceptors (Lipinski definition) is 3. The normalized spacial score (nSPS) is 24.2. The van der Waals surface area contributed by atoms with E-state index in [1.165, 1.54) is 24.8 Å². The third-order valence-electron chi connectivity index (χ3n) is 3.70. The molecule has 2 atom stereocenters. The average molecular weight is 264 g/mol. The Balaban J connectivity index is 1.95. The van der Waals surface area contributed by atoms with E-state index in [4.69, 9.17) is 0 Å². The SMILES string of the molecule is CSC1CCC(Nc2ccc(C(C)(C)C)cn2)C1. The van der Waals surface area contributed by atoms with E-state index in [1.807, 2.05) is 18.0 Å². The van der Waals surface area contributed by atoms with Crippen LogP contribution in [0.2, 0.25) is 0 Å². The Labute approximate surface area is 115 Å². The van der Waals surface area contributed by atoms with Crippen molar-refractivity contribution in [2.24, 2.45) is 0 Å². The highest BCUT2D eigenvalue weighted by molar-refractivity contribution is 7.99. The Hall–Kier alpha value is -0.700. The molecule has 1 aromatic rings. The molecule has 1 aliphatic rings. The Morgan fingerprint density at radius 1 is 1.28 bits per heavy atom. The minimum absolute atomic E-state index is 0.183. The van der Waals surface area contributed by atoms with Gasteiger partial charge >= 0.3 is 0 Å². The van der Waals surface area contributed by atoms with E-state index in [-0.39, 0.29) is 5.41 Å². The van der Waals surface area contributed by atoms with Gasteiger partial charge in [0.1, 0.15) is 5.82 Å². The van der Waals surface area contributed by atoms with Gasteiger partial charge in [0.15, 0.2) is 0 Å². The molecule has 1 heterocycles. The Morgan fingerprint density at radius 2 is 2.06 bits per heavy atom. The number of anilines is 1. The molecule has 18 heavy (non-hydrogen) atoms. The first kappa shape index (κ1) is 13.7. The van der Waals surface area contributed by atoms with Crippen LogP contribution in [-0.2, 0) is 5.41 Å². The highest BCUT2D eigenvalue weighted by Gasteiger charge is 2.24. The van der Waals surface area contributed by atoms with Crippen LogP contribution < -0.4 is 5.32 Å². The molecule has 2 nitrogen and oxygen atoms in total.